The number of carbonyl (C=O) groups is 1. The van der Waals surface area contributed by atoms with Gasteiger partial charge >= 0.3 is 6.16 Å². The van der Waals surface area contributed by atoms with Crippen molar-refractivity contribution in [3.8, 4) is 5.75 Å². The number of hydrogen-bond donors (Lipinski definition) is 0. The molecule has 2 aromatic carbocycles. The zero-order valence-electron chi connectivity index (χ0n) is 12.9. The van der Waals surface area contributed by atoms with Crippen molar-refractivity contribution in [3.05, 3.63) is 73.7 Å². The molecule has 0 unspecified atom stereocenters. The first-order chi connectivity index (χ1) is 12.8. The second kappa shape index (κ2) is 8.01. The number of carbonyl (C=O) groups excluding carboxylic acids is 1. The van der Waals surface area contributed by atoms with Crippen molar-refractivity contribution in [2.75, 3.05) is 0 Å². The van der Waals surface area contributed by atoms with E-state index in [1.807, 2.05) is 4.91 Å². The quantitative estimate of drug-likeness (QED) is 0.0838. The Bertz CT molecular complexity index is 932. The van der Waals surface area contributed by atoms with Gasteiger partial charge in [0.25, 0.3) is 5.69 Å². The average molecular weight is 386 g/mol. The summed E-state index contributed by atoms with van der Waals surface area (Å²) in [5.41, 5.74) is 5.07. The molecule has 0 amide bonds. The van der Waals surface area contributed by atoms with Crippen LogP contribution in [0, 0.1) is 33.4 Å². The van der Waals surface area contributed by atoms with Crippen molar-refractivity contribution in [2.24, 2.45) is 5.11 Å². The van der Waals surface area contributed by atoms with Gasteiger partial charge in [0, 0.05) is 17.0 Å². The summed E-state index contributed by atoms with van der Waals surface area (Å²) in [7, 11) is 0. The Hall–Kier alpha value is -3.86. The van der Waals surface area contributed by atoms with Crippen LogP contribution in [-0.2, 0) is 11.3 Å². The monoisotopic (exact) mass is 386 g/mol. The Balaban J connectivity index is 2.13. The number of azide groups is 1. The molecule has 0 fully saturated rings. The molecule has 0 aliphatic carbocycles. The molecular formula is C14H6F4N4O5. The van der Waals surface area contributed by atoms with Gasteiger partial charge in [0.05, 0.1) is 10.5 Å². The van der Waals surface area contributed by atoms with E-state index in [0.717, 1.165) is 24.3 Å². The van der Waals surface area contributed by atoms with Gasteiger partial charge in [-0.2, -0.15) is 0 Å². The number of rotatable bonds is 5. The first kappa shape index (κ1) is 19.5. The topological polar surface area (TPSA) is 127 Å². The molecule has 0 aliphatic heterocycles. The zero-order valence-corrected chi connectivity index (χ0v) is 12.9. The number of nitrogens with zero attached hydrogens (tertiary/aromatic N) is 4. The lowest BCUT2D eigenvalue weighted by atomic mass is 10.1. The lowest BCUT2D eigenvalue weighted by molar-refractivity contribution is -0.384. The average Bonchev–Trinajstić information content (AvgIpc) is 2.64. The maximum Gasteiger partial charge on any atom is 0.514 e. The summed E-state index contributed by atoms with van der Waals surface area (Å²) in [6.45, 7) is -1.24. The molecule has 9 nitrogen and oxygen atoms in total. The number of non-ortho nitro benzene ring substituents is 1. The summed E-state index contributed by atoms with van der Waals surface area (Å²) < 4.78 is 63.7. The van der Waals surface area contributed by atoms with Crippen LogP contribution in [0.15, 0.2) is 29.4 Å². The van der Waals surface area contributed by atoms with Gasteiger partial charge in [-0.1, -0.05) is 5.11 Å². The van der Waals surface area contributed by atoms with E-state index in [4.69, 9.17) is 5.53 Å². The summed E-state index contributed by atoms with van der Waals surface area (Å²) in [6, 6.07) is 4.13. The van der Waals surface area contributed by atoms with Gasteiger partial charge in [-0.3, -0.25) is 10.1 Å². The predicted octanol–water partition coefficient (Wildman–Crippen LogP) is 4.81. The number of ether oxygens (including phenoxy) is 2. The normalized spacial score (nSPS) is 10.1. The standard InChI is InChI=1S/C14H6F4N4O5/c15-9-8(10(16)12(18)13(11(9)17)20-21-19)5-26-14(23)27-7-3-1-6(2-4-7)22(24)25/h1-4H,5H2. The first-order valence-corrected chi connectivity index (χ1v) is 6.75. The molecule has 140 valence electrons. The Morgan fingerprint density at radius 3 is 2.15 bits per heavy atom. The van der Waals surface area contributed by atoms with E-state index in [9.17, 15) is 32.5 Å². The first-order valence-electron chi connectivity index (χ1n) is 6.75. The van der Waals surface area contributed by atoms with E-state index in [-0.39, 0.29) is 11.4 Å². The van der Waals surface area contributed by atoms with E-state index in [0.29, 0.717) is 0 Å². The minimum atomic E-state index is -1.96. The fourth-order valence-corrected chi connectivity index (χ4v) is 1.82. The third-order valence-corrected chi connectivity index (χ3v) is 3.06. The Labute approximate surface area is 146 Å². The third-order valence-electron chi connectivity index (χ3n) is 3.06. The van der Waals surface area contributed by atoms with Crippen molar-refractivity contribution in [1.29, 1.82) is 0 Å². The molecule has 13 heteroatoms. The summed E-state index contributed by atoms with van der Waals surface area (Å²) in [6.07, 6.45) is -1.50. The molecule has 0 radical (unpaired) electrons. The van der Waals surface area contributed by atoms with Gasteiger partial charge in [0.15, 0.2) is 23.3 Å². The fraction of sp³-hybridized carbons (Fsp3) is 0.0714. The molecule has 2 rings (SSSR count). The van der Waals surface area contributed by atoms with Crippen molar-refractivity contribution >= 4 is 17.5 Å². The summed E-state index contributed by atoms with van der Waals surface area (Å²) in [5, 5.41) is 13.0. The lowest BCUT2D eigenvalue weighted by Crippen LogP contribution is -2.13. The highest BCUT2D eigenvalue weighted by molar-refractivity contribution is 5.64. The SMILES string of the molecule is [N-]=[N+]=Nc1c(F)c(F)c(COC(=O)Oc2ccc([N+](=O)[O-])cc2)c(F)c1F. The minimum Gasteiger partial charge on any atom is -0.429 e. The molecular weight excluding hydrogens is 380 g/mol. The highest BCUT2D eigenvalue weighted by atomic mass is 19.2. The van der Waals surface area contributed by atoms with E-state index in [1.165, 1.54) is 0 Å². The van der Waals surface area contributed by atoms with Gasteiger partial charge in [-0.25, -0.2) is 22.4 Å². The Kier molecular flexibility index (Phi) is 5.78. The number of benzene rings is 2. The molecule has 2 aromatic rings. The van der Waals surface area contributed by atoms with Crippen molar-refractivity contribution in [1.82, 2.24) is 0 Å². The van der Waals surface area contributed by atoms with Crippen LogP contribution in [0.1, 0.15) is 5.56 Å². The molecule has 0 N–H and O–H groups in total. The molecule has 0 spiro atoms. The van der Waals surface area contributed by atoms with Gasteiger partial charge < -0.3 is 9.47 Å². The van der Waals surface area contributed by atoms with Gasteiger partial charge in [-0.15, -0.1) is 0 Å². The van der Waals surface area contributed by atoms with Crippen LogP contribution in [0.2, 0.25) is 0 Å². The van der Waals surface area contributed by atoms with Crippen molar-refractivity contribution in [2.45, 2.75) is 6.61 Å². The second-order valence-electron chi connectivity index (χ2n) is 4.66. The second-order valence-corrected chi connectivity index (χ2v) is 4.66. The highest BCUT2D eigenvalue weighted by Crippen LogP contribution is 2.31. The third kappa shape index (κ3) is 4.22. The van der Waals surface area contributed by atoms with Crippen LogP contribution >= 0.6 is 0 Å². The van der Waals surface area contributed by atoms with Crippen LogP contribution in [0.25, 0.3) is 10.4 Å². The molecule has 0 saturated carbocycles. The Morgan fingerprint density at radius 1 is 1.11 bits per heavy atom. The number of halogens is 4. The molecule has 27 heavy (non-hydrogen) atoms. The van der Waals surface area contributed by atoms with Crippen LogP contribution in [-0.4, -0.2) is 11.1 Å². The van der Waals surface area contributed by atoms with E-state index in [2.05, 4.69) is 14.6 Å². The van der Waals surface area contributed by atoms with Gasteiger partial charge in [0.2, 0.25) is 0 Å². The summed E-state index contributed by atoms with van der Waals surface area (Å²) in [5.74, 6) is -7.95. The molecule has 0 atom stereocenters. The lowest BCUT2D eigenvalue weighted by Gasteiger charge is -2.10. The van der Waals surface area contributed by atoms with Crippen molar-refractivity contribution in [3.63, 3.8) is 0 Å². The molecule has 0 aliphatic rings. The number of nitro groups is 1. The highest BCUT2D eigenvalue weighted by Gasteiger charge is 2.25. The maximum absolute atomic E-state index is 13.8. The van der Waals surface area contributed by atoms with Crippen LogP contribution in [0.3, 0.4) is 0 Å². The van der Waals surface area contributed by atoms with Crippen LogP contribution in [0.5, 0.6) is 5.75 Å². The zero-order chi connectivity index (χ0) is 20.1. The number of nitro benzene ring substituents is 1. The van der Waals surface area contributed by atoms with Crippen LogP contribution < -0.4 is 4.74 Å². The summed E-state index contributed by atoms with van der Waals surface area (Å²) in [4.78, 5) is 23.3. The fourth-order valence-electron chi connectivity index (χ4n) is 1.82. The van der Waals surface area contributed by atoms with Gasteiger partial charge in [-0.05, 0) is 17.7 Å². The Morgan fingerprint density at radius 2 is 1.67 bits per heavy atom. The molecule has 0 bridgehead atoms. The van der Waals surface area contributed by atoms with E-state index >= 15 is 0 Å². The minimum absolute atomic E-state index is 0.192. The van der Waals surface area contributed by atoms with Gasteiger partial charge in [0.1, 0.15) is 18.0 Å². The number of hydrogen-bond acceptors (Lipinski definition) is 6. The van der Waals surface area contributed by atoms with E-state index < -0.39 is 52.2 Å². The van der Waals surface area contributed by atoms with Crippen LogP contribution in [0.4, 0.5) is 33.7 Å². The largest absolute Gasteiger partial charge is 0.514 e. The van der Waals surface area contributed by atoms with Crippen molar-refractivity contribution < 1.29 is 36.8 Å². The smallest absolute Gasteiger partial charge is 0.429 e. The molecule has 0 heterocycles. The maximum atomic E-state index is 13.8. The molecule has 0 aromatic heterocycles. The molecule has 0 saturated heterocycles. The predicted molar refractivity (Wildman–Crippen MR) is 79.0 cm³/mol. The summed E-state index contributed by atoms with van der Waals surface area (Å²) >= 11 is 0. The van der Waals surface area contributed by atoms with E-state index in [1.54, 1.807) is 0 Å².